The van der Waals surface area contributed by atoms with E-state index in [1.807, 2.05) is 31.2 Å². The molecule has 0 heterocycles. The Balaban J connectivity index is 2.13. The minimum absolute atomic E-state index is 0.673. The van der Waals surface area contributed by atoms with E-state index < -0.39 is 0 Å². The average Bonchev–Trinajstić information content (AvgIpc) is 2.39. The Morgan fingerprint density at radius 1 is 1.06 bits per heavy atom. The molecule has 0 aromatic heterocycles. The molecule has 1 rings (SSSR count). The van der Waals surface area contributed by atoms with Crippen molar-refractivity contribution in [2.24, 2.45) is 0 Å². The first-order chi connectivity index (χ1) is 8.86. The molecule has 0 aliphatic carbocycles. The van der Waals surface area contributed by atoms with Crippen molar-refractivity contribution >= 4 is 0 Å². The van der Waals surface area contributed by atoms with Crippen molar-refractivity contribution in [3.05, 3.63) is 24.3 Å². The lowest BCUT2D eigenvalue weighted by atomic mass is 10.3. The summed E-state index contributed by atoms with van der Waals surface area (Å²) < 4.78 is 16.0. The zero-order chi connectivity index (χ0) is 13.1. The monoisotopic (exact) mass is 253 g/mol. The minimum atomic E-state index is 0.673. The van der Waals surface area contributed by atoms with Crippen LogP contribution in [0.15, 0.2) is 24.3 Å². The van der Waals surface area contributed by atoms with Gasteiger partial charge in [-0.15, -0.1) is 0 Å². The van der Waals surface area contributed by atoms with Crippen molar-refractivity contribution in [1.29, 1.82) is 0 Å². The fraction of sp³-hybridized carbons (Fsp3) is 0.571. The molecule has 0 aliphatic rings. The number of ether oxygens (including phenoxy) is 3. The molecule has 0 saturated carbocycles. The quantitative estimate of drug-likeness (QED) is 0.648. The van der Waals surface area contributed by atoms with E-state index in [-0.39, 0.29) is 0 Å². The van der Waals surface area contributed by atoms with Crippen molar-refractivity contribution in [3.8, 4) is 11.5 Å². The van der Waals surface area contributed by atoms with Crippen molar-refractivity contribution in [2.75, 3.05) is 40.0 Å². The minimum Gasteiger partial charge on any atom is -0.494 e. The van der Waals surface area contributed by atoms with Gasteiger partial charge in [0.05, 0.1) is 19.8 Å². The maximum absolute atomic E-state index is 5.65. The first-order valence-electron chi connectivity index (χ1n) is 6.42. The summed E-state index contributed by atoms with van der Waals surface area (Å²) in [7, 11) is 1.70. The van der Waals surface area contributed by atoms with Crippen LogP contribution in [0.25, 0.3) is 0 Å². The van der Waals surface area contributed by atoms with E-state index in [0.717, 1.165) is 37.6 Å². The van der Waals surface area contributed by atoms with Crippen LogP contribution in [0.1, 0.15) is 13.3 Å². The topological polar surface area (TPSA) is 39.7 Å². The summed E-state index contributed by atoms with van der Waals surface area (Å²) in [6.45, 7) is 5.92. The average molecular weight is 253 g/mol. The Kier molecular flexibility index (Phi) is 8.01. The molecule has 4 heteroatoms. The highest BCUT2D eigenvalue weighted by Crippen LogP contribution is 2.19. The van der Waals surface area contributed by atoms with Crippen LogP contribution < -0.4 is 14.8 Å². The summed E-state index contributed by atoms with van der Waals surface area (Å²) in [6, 6.07) is 7.74. The van der Waals surface area contributed by atoms with E-state index >= 15 is 0 Å². The molecule has 0 atom stereocenters. The van der Waals surface area contributed by atoms with E-state index in [9.17, 15) is 0 Å². The number of nitrogens with one attached hydrogen (secondary N) is 1. The Morgan fingerprint density at radius 3 is 2.56 bits per heavy atom. The van der Waals surface area contributed by atoms with Gasteiger partial charge in [0.25, 0.3) is 0 Å². The summed E-state index contributed by atoms with van der Waals surface area (Å²) in [5.74, 6) is 1.71. The van der Waals surface area contributed by atoms with E-state index in [0.29, 0.717) is 13.2 Å². The lowest BCUT2D eigenvalue weighted by Gasteiger charge is -2.09. The first-order valence-corrected chi connectivity index (χ1v) is 6.42. The first kappa shape index (κ1) is 14.8. The summed E-state index contributed by atoms with van der Waals surface area (Å²) in [5, 5.41) is 3.27. The maximum Gasteiger partial charge on any atom is 0.122 e. The third-order valence-corrected chi connectivity index (χ3v) is 2.37. The second-order valence-corrected chi connectivity index (χ2v) is 3.85. The molecule has 1 aromatic rings. The van der Waals surface area contributed by atoms with Gasteiger partial charge in [-0.2, -0.15) is 0 Å². The Hall–Kier alpha value is -1.26. The molecule has 0 bridgehead atoms. The van der Waals surface area contributed by atoms with Gasteiger partial charge in [-0.1, -0.05) is 6.07 Å². The fourth-order valence-corrected chi connectivity index (χ4v) is 1.51. The predicted molar refractivity (Wildman–Crippen MR) is 72.5 cm³/mol. The van der Waals surface area contributed by atoms with E-state index in [4.69, 9.17) is 14.2 Å². The predicted octanol–water partition coefficient (Wildman–Crippen LogP) is 2.09. The molecule has 0 fully saturated rings. The molecule has 4 nitrogen and oxygen atoms in total. The highest BCUT2D eigenvalue weighted by molar-refractivity contribution is 5.32. The van der Waals surface area contributed by atoms with Gasteiger partial charge in [-0.3, -0.25) is 0 Å². The van der Waals surface area contributed by atoms with Crippen LogP contribution in [-0.2, 0) is 4.74 Å². The molecule has 0 saturated heterocycles. The zero-order valence-electron chi connectivity index (χ0n) is 11.3. The van der Waals surface area contributed by atoms with Gasteiger partial charge < -0.3 is 19.5 Å². The molecule has 1 aromatic carbocycles. The second kappa shape index (κ2) is 9.74. The number of methoxy groups -OCH3 is 1. The van der Waals surface area contributed by atoms with Crippen molar-refractivity contribution in [1.82, 2.24) is 5.32 Å². The van der Waals surface area contributed by atoms with Gasteiger partial charge in [0.15, 0.2) is 0 Å². The Labute approximate surface area is 109 Å². The SMILES string of the molecule is CCOc1cccc(OCCCNCCOC)c1. The lowest BCUT2D eigenvalue weighted by molar-refractivity contribution is 0.198. The molecule has 102 valence electrons. The number of rotatable bonds is 10. The summed E-state index contributed by atoms with van der Waals surface area (Å²) >= 11 is 0. The van der Waals surface area contributed by atoms with Crippen molar-refractivity contribution in [3.63, 3.8) is 0 Å². The van der Waals surface area contributed by atoms with Crippen LogP contribution in [0.2, 0.25) is 0 Å². The van der Waals surface area contributed by atoms with Crippen LogP contribution in [0.5, 0.6) is 11.5 Å². The number of benzene rings is 1. The number of hydrogen-bond donors (Lipinski definition) is 1. The maximum atomic E-state index is 5.65. The van der Waals surface area contributed by atoms with Crippen molar-refractivity contribution < 1.29 is 14.2 Å². The van der Waals surface area contributed by atoms with Crippen LogP contribution in [0.4, 0.5) is 0 Å². The summed E-state index contributed by atoms with van der Waals surface area (Å²) in [4.78, 5) is 0. The normalized spacial score (nSPS) is 10.3. The van der Waals surface area contributed by atoms with Crippen LogP contribution in [0, 0.1) is 0 Å². The zero-order valence-corrected chi connectivity index (χ0v) is 11.3. The molecule has 0 aliphatic heterocycles. The third kappa shape index (κ3) is 6.47. The van der Waals surface area contributed by atoms with E-state index in [2.05, 4.69) is 5.32 Å². The fourth-order valence-electron chi connectivity index (χ4n) is 1.51. The van der Waals surface area contributed by atoms with Crippen LogP contribution in [-0.4, -0.2) is 40.0 Å². The standard InChI is InChI=1S/C14H23NO3/c1-3-17-13-6-4-7-14(12-13)18-10-5-8-15-9-11-16-2/h4,6-7,12,15H,3,5,8-11H2,1-2H3. The highest BCUT2D eigenvalue weighted by atomic mass is 16.5. The van der Waals surface area contributed by atoms with Gasteiger partial charge in [0.2, 0.25) is 0 Å². The molecule has 0 radical (unpaired) electrons. The molecular weight excluding hydrogens is 230 g/mol. The smallest absolute Gasteiger partial charge is 0.122 e. The van der Waals surface area contributed by atoms with Crippen molar-refractivity contribution in [2.45, 2.75) is 13.3 Å². The largest absolute Gasteiger partial charge is 0.494 e. The third-order valence-electron chi connectivity index (χ3n) is 2.37. The van der Waals surface area contributed by atoms with Gasteiger partial charge in [0.1, 0.15) is 11.5 Å². The van der Waals surface area contributed by atoms with E-state index in [1.165, 1.54) is 0 Å². The molecule has 1 N–H and O–H groups in total. The van der Waals surface area contributed by atoms with Crippen LogP contribution in [0.3, 0.4) is 0 Å². The lowest BCUT2D eigenvalue weighted by Crippen LogP contribution is -2.21. The van der Waals surface area contributed by atoms with Crippen LogP contribution >= 0.6 is 0 Å². The molecule has 0 unspecified atom stereocenters. The van der Waals surface area contributed by atoms with Gasteiger partial charge >= 0.3 is 0 Å². The second-order valence-electron chi connectivity index (χ2n) is 3.85. The molecule has 0 spiro atoms. The Morgan fingerprint density at radius 2 is 1.83 bits per heavy atom. The van der Waals surface area contributed by atoms with Gasteiger partial charge in [0, 0.05) is 19.7 Å². The number of hydrogen-bond acceptors (Lipinski definition) is 4. The van der Waals surface area contributed by atoms with Gasteiger partial charge in [-0.05, 0) is 32.0 Å². The molecular formula is C14H23NO3. The Bertz CT molecular complexity index is 318. The van der Waals surface area contributed by atoms with Gasteiger partial charge in [-0.25, -0.2) is 0 Å². The highest BCUT2D eigenvalue weighted by Gasteiger charge is 1.97. The molecule has 0 amide bonds. The van der Waals surface area contributed by atoms with E-state index in [1.54, 1.807) is 7.11 Å². The molecule has 18 heavy (non-hydrogen) atoms. The summed E-state index contributed by atoms with van der Waals surface area (Å²) in [5.41, 5.74) is 0. The summed E-state index contributed by atoms with van der Waals surface area (Å²) in [6.07, 6.45) is 0.975.